The second kappa shape index (κ2) is 29.3. The minimum absolute atomic E-state index is 0.0677. The van der Waals surface area contributed by atoms with Crippen LogP contribution in [0.3, 0.4) is 0 Å². The summed E-state index contributed by atoms with van der Waals surface area (Å²) in [5.41, 5.74) is 0.0677. The first-order valence-electron chi connectivity index (χ1n) is 24.8. The van der Waals surface area contributed by atoms with Gasteiger partial charge >= 0.3 is 0 Å². The molecule has 4 fully saturated rings. The van der Waals surface area contributed by atoms with Crippen LogP contribution in [0, 0.1) is 11.8 Å². The van der Waals surface area contributed by atoms with Gasteiger partial charge < -0.3 is 110 Å². The van der Waals surface area contributed by atoms with Crippen LogP contribution in [-0.4, -0.2) is 230 Å². The van der Waals surface area contributed by atoms with E-state index >= 15 is 0 Å². The Hall–Kier alpha value is -4.22. The van der Waals surface area contributed by atoms with Crippen molar-refractivity contribution in [2.75, 3.05) is 33.0 Å². The van der Waals surface area contributed by atoms with Gasteiger partial charge in [-0.15, -0.1) is 11.8 Å². The molecule has 1 aromatic rings. The number of aliphatic hydroxyl groups is 10. The van der Waals surface area contributed by atoms with Crippen molar-refractivity contribution in [3.8, 4) is 17.6 Å². The summed E-state index contributed by atoms with van der Waals surface area (Å²) < 4.78 is 47.3. The summed E-state index contributed by atoms with van der Waals surface area (Å²) in [6, 6.07) is -0.267. The van der Waals surface area contributed by atoms with Crippen molar-refractivity contribution in [2.45, 2.75) is 195 Å². The van der Waals surface area contributed by atoms with Crippen LogP contribution in [-0.2, 0) is 47.5 Å². The van der Waals surface area contributed by atoms with Crippen LogP contribution in [0.15, 0.2) is 24.3 Å². The van der Waals surface area contributed by atoms with Gasteiger partial charge in [0.25, 0.3) is 5.91 Å². The van der Waals surface area contributed by atoms with Crippen molar-refractivity contribution in [1.29, 1.82) is 0 Å². The van der Waals surface area contributed by atoms with Crippen molar-refractivity contribution in [1.82, 2.24) is 21.3 Å². The fourth-order valence-corrected chi connectivity index (χ4v) is 9.07. The zero-order chi connectivity index (χ0) is 54.2. The van der Waals surface area contributed by atoms with E-state index in [0.717, 1.165) is 46.5 Å². The maximum absolute atomic E-state index is 13.8. The van der Waals surface area contributed by atoms with Crippen LogP contribution in [0.5, 0.6) is 5.75 Å². The molecule has 26 heteroatoms. The molecule has 14 N–H and O–H groups in total. The average Bonchev–Trinajstić information content (AvgIpc) is 3.36. The molecule has 4 aliphatic rings. The van der Waals surface area contributed by atoms with Gasteiger partial charge in [-0.05, 0) is 31.0 Å². The predicted octanol–water partition coefficient (Wildman–Crippen LogP) is -4.75. The molecule has 0 saturated carbocycles. The van der Waals surface area contributed by atoms with Crippen molar-refractivity contribution in [3.05, 3.63) is 29.8 Å². The van der Waals surface area contributed by atoms with Crippen LogP contribution in [0.25, 0.3) is 0 Å². The van der Waals surface area contributed by atoms with Crippen molar-refractivity contribution in [3.63, 3.8) is 0 Å². The summed E-state index contributed by atoms with van der Waals surface area (Å²) >= 11 is 0. The Morgan fingerprint density at radius 3 is 1.47 bits per heavy atom. The number of rotatable bonds is 23. The molecular weight excluding hydrogens is 985 g/mol. The number of carbonyl (C=O) groups excluding carboxylic acids is 4. The Kier molecular flexibility index (Phi) is 24.0. The highest BCUT2D eigenvalue weighted by Crippen LogP contribution is 2.35. The third-order valence-electron chi connectivity index (χ3n) is 12.8. The van der Waals surface area contributed by atoms with Crippen LogP contribution >= 0.6 is 0 Å². The standard InChI is InChI=1S/C48H74N4O22/c1-5-6-7-8-9-10-11-12-13-17-67-27-16-14-15-26(18-27)44(65)52-33-37(61)36(60)28(19-53)69-46(33)73-42-30(21-55)71-48(35(39(42)63)51-25(4)59)74-43-31(22-56)70-47(34(40(43)64)50-24(3)58)72-41-29(20-54)68-45(66)32(38(41)62)49-23(2)57/h14-16,18,28-43,45-48,53-56,60-64,66H,5-9,12-13,17,19-22H2,1-4H3,(H,49,57)(H,50,58)(H,51,59)(H,52,65)/t28?,29-,30-,31?,32?,33-,34-,35?,36+,37+,38?,39?,40+,41+,42+,43?,45?,46?,47-,48?/m0/s1. The molecule has 0 spiro atoms. The van der Waals surface area contributed by atoms with Gasteiger partial charge in [0.15, 0.2) is 25.2 Å². The summed E-state index contributed by atoms with van der Waals surface area (Å²) in [5, 5.41) is 119. The van der Waals surface area contributed by atoms with Gasteiger partial charge in [0.1, 0.15) is 103 Å². The number of nitrogens with one attached hydrogen (secondary N) is 4. The van der Waals surface area contributed by atoms with Crippen molar-refractivity contribution in [2.24, 2.45) is 0 Å². The fraction of sp³-hybridized carbons (Fsp3) is 0.750. The molecule has 0 aromatic heterocycles. The van der Waals surface area contributed by atoms with Crippen LogP contribution in [0.4, 0.5) is 0 Å². The van der Waals surface area contributed by atoms with Gasteiger partial charge in [-0.2, -0.15) is 0 Å². The minimum Gasteiger partial charge on any atom is -0.494 e. The van der Waals surface area contributed by atoms with Crippen LogP contribution in [0.2, 0.25) is 0 Å². The second-order valence-corrected chi connectivity index (χ2v) is 18.5. The second-order valence-electron chi connectivity index (χ2n) is 18.5. The largest absolute Gasteiger partial charge is 0.494 e. The van der Waals surface area contributed by atoms with Gasteiger partial charge in [-0.25, -0.2) is 0 Å². The first kappa shape index (κ1) is 60.6. The molecule has 0 aliphatic carbocycles. The average molecular weight is 1060 g/mol. The maximum Gasteiger partial charge on any atom is 0.251 e. The van der Waals surface area contributed by atoms with Gasteiger partial charge in [-0.1, -0.05) is 32.3 Å². The Bertz CT molecular complexity index is 2010. The molecule has 20 atom stereocenters. The normalized spacial score (nSPS) is 36.1. The highest BCUT2D eigenvalue weighted by molar-refractivity contribution is 5.94. The van der Waals surface area contributed by atoms with Crippen LogP contribution < -0.4 is 26.0 Å². The highest BCUT2D eigenvalue weighted by Gasteiger charge is 2.56. The van der Waals surface area contributed by atoms with Gasteiger partial charge in [0.2, 0.25) is 17.7 Å². The molecule has 10 unspecified atom stereocenters. The summed E-state index contributed by atoms with van der Waals surface area (Å²) in [5.74, 6) is 3.68. The number of carbonyl (C=O) groups is 4. The number of ether oxygens (including phenoxy) is 8. The molecule has 418 valence electrons. The van der Waals surface area contributed by atoms with E-state index in [9.17, 15) is 70.2 Å². The van der Waals surface area contributed by atoms with E-state index in [1.165, 1.54) is 18.6 Å². The maximum atomic E-state index is 13.8. The lowest BCUT2D eigenvalue weighted by atomic mass is 9.93. The molecule has 74 heavy (non-hydrogen) atoms. The van der Waals surface area contributed by atoms with E-state index in [1.807, 2.05) is 0 Å². The van der Waals surface area contributed by atoms with Gasteiger partial charge in [0, 0.05) is 39.2 Å². The lowest BCUT2D eigenvalue weighted by Gasteiger charge is -2.51. The van der Waals surface area contributed by atoms with Crippen LogP contribution in [0.1, 0.15) is 83.0 Å². The molecule has 4 saturated heterocycles. The van der Waals surface area contributed by atoms with E-state index in [-0.39, 0.29) is 5.56 Å². The Labute approximate surface area is 427 Å². The summed E-state index contributed by atoms with van der Waals surface area (Å²) in [6.45, 7) is 2.15. The van der Waals surface area contributed by atoms with Crippen molar-refractivity contribution >= 4 is 23.6 Å². The number of unbranched alkanes of at least 4 members (excludes halogenated alkanes) is 5. The molecule has 1 aromatic carbocycles. The van der Waals surface area contributed by atoms with Gasteiger partial charge in [0.05, 0.1) is 33.0 Å². The lowest BCUT2D eigenvalue weighted by Crippen LogP contribution is -2.71. The highest BCUT2D eigenvalue weighted by atomic mass is 16.8. The summed E-state index contributed by atoms with van der Waals surface area (Å²) in [6.07, 6.45) is -21.1. The topological polar surface area (TPSA) is 393 Å². The molecular formula is C48H74N4O22. The van der Waals surface area contributed by atoms with Gasteiger partial charge in [-0.3, -0.25) is 19.2 Å². The van der Waals surface area contributed by atoms with E-state index in [1.54, 1.807) is 12.1 Å². The summed E-state index contributed by atoms with van der Waals surface area (Å²) in [7, 11) is 0. The zero-order valence-electron chi connectivity index (χ0n) is 41.7. The first-order valence-corrected chi connectivity index (χ1v) is 24.8. The Morgan fingerprint density at radius 1 is 0.541 bits per heavy atom. The molecule has 4 heterocycles. The number of hydrogen-bond acceptors (Lipinski definition) is 22. The minimum atomic E-state index is -1.94. The van der Waals surface area contributed by atoms with E-state index < -0.39 is 173 Å². The number of hydrogen-bond donors (Lipinski definition) is 14. The Morgan fingerprint density at radius 2 is 0.986 bits per heavy atom. The fourth-order valence-electron chi connectivity index (χ4n) is 9.07. The third kappa shape index (κ3) is 15.9. The monoisotopic (exact) mass is 1060 g/mol. The zero-order valence-corrected chi connectivity index (χ0v) is 41.7. The quantitative estimate of drug-likeness (QED) is 0.0361. The molecule has 4 amide bonds. The SMILES string of the molecule is CCCCCCC#CCCCOc1cccc(C(=O)N[C@@H]2C(O[C@H]3C(O)C(NC(C)=O)C(OC4C(CO)O[C@@H](O[C@H]5C(O)C(NC(C)=O)C(O)O[C@H]5CO)[C@@H](NC(C)=O)[C@H]4O)O[C@H]3CO)OC(CO)[C@@H](O)[C@@H]2O)c1. The lowest BCUT2D eigenvalue weighted by molar-refractivity contribution is -0.361. The number of benzene rings is 1. The molecule has 4 aliphatic heterocycles. The first-order chi connectivity index (χ1) is 35.4. The number of amides is 4. The number of aliphatic hydroxyl groups excluding tert-OH is 10. The molecule has 0 radical (unpaired) electrons. The summed E-state index contributed by atoms with van der Waals surface area (Å²) in [4.78, 5) is 50.9. The smallest absolute Gasteiger partial charge is 0.251 e. The predicted molar refractivity (Wildman–Crippen MR) is 252 cm³/mol. The molecule has 26 nitrogen and oxygen atoms in total. The third-order valence-corrected chi connectivity index (χ3v) is 12.8. The van der Waals surface area contributed by atoms with E-state index in [4.69, 9.17) is 37.9 Å². The molecule has 5 rings (SSSR count). The van der Waals surface area contributed by atoms with E-state index in [2.05, 4.69) is 40.0 Å². The van der Waals surface area contributed by atoms with Crippen molar-refractivity contribution < 1.29 is 108 Å². The molecule has 0 bridgehead atoms. The Balaban J connectivity index is 1.33. The van der Waals surface area contributed by atoms with E-state index in [0.29, 0.717) is 25.2 Å².